The predicted molar refractivity (Wildman–Crippen MR) is 176 cm³/mol. The first-order chi connectivity index (χ1) is 20.8. The van der Waals surface area contributed by atoms with Crippen molar-refractivity contribution in [3.8, 4) is 44.5 Å². The largest absolute Gasteiger partial charge is 0.253 e. The molecule has 8 rings (SSSR count). The molecule has 0 bridgehead atoms. The van der Waals surface area contributed by atoms with Crippen LogP contribution in [-0.4, -0.2) is 9.97 Å². The van der Waals surface area contributed by atoms with Crippen LogP contribution in [0.15, 0.2) is 158 Å². The van der Waals surface area contributed by atoms with Crippen molar-refractivity contribution in [1.29, 1.82) is 0 Å². The van der Waals surface area contributed by atoms with Crippen molar-refractivity contribution >= 4 is 32.6 Å². The van der Waals surface area contributed by atoms with Crippen molar-refractivity contribution in [2.24, 2.45) is 0 Å². The van der Waals surface area contributed by atoms with Gasteiger partial charge in [0.05, 0.1) is 11.0 Å². The fourth-order valence-corrected chi connectivity index (χ4v) is 6.00. The summed E-state index contributed by atoms with van der Waals surface area (Å²) in [5.41, 5.74) is 11.3. The number of aromatic nitrogens is 2. The second-order valence-corrected chi connectivity index (χ2v) is 10.7. The molecule has 8 aromatic rings. The monoisotopic (exact) mass is 534 g/mol. The van der Waals surface area contributed by atoms with Crippen molar-refractivity contribution in [2.75, 3.05) is 0 Å². The normalized spacial score (nSPS) is 11.3. The Morgan fingerprint density at radius 2 is 0.714 bits per heavy atom. The van der Waals surface area contributed by atoms with E-state index in [1.807, 2.05) is 18.5 Å². The Morgan fingerprint density at radius 3 is 1.24 bits per heavy atom. The highest BCUT2D eigenvalue weighted by molar-refractivity contribution is 6.06. The summed E-state index contributed by atoms with van der Waals surface area (Å²) in [6.07, 6.45) is 3.91. The van der Waals surface area contributed by atoms with Gasteiger partial charge in [0.2, 0.25) is 0 Å². The van der Waals surface area contributed by atoms with Crippen LogP contribution in [0, 0.1) is 0 Å². The molecule has 196 valence electrons. The summed E-state index contributed by atoms with van der Waals surface area (Å²) in [6.45, 7) is 0. The first-order valence-electron chi connectivity index (χ1n) is 14.2. The summed E-state index contributed by atoms with van der Waals surface area (Å²) in [5, 5.41) is 4.71. The Kier molecular flexibility index (Phi) is 5.82. The van der Waals surface area contributed by atoms with Crippen LogP contribution in [0.25, 0.3) is 77.1 Å². The van der Waals surface area contributed by atoms with Gasteiger partial charge >= 0.3 is 0 Å². The van der Waals surface area contributed by atoms with Gasteiger partial charge in [-0.2, -0.15) is 0 Å². The molecule has 0 fully saturated rings. The Morgan fingerprint density at radius 1 is 0.310 bits per heavy atom. The van der Waals surface area contributed by atoms with Crippen LogP contribution in [0.1, 0.15) is 0 Å². The molecular weight excluding hydrogens is 508 g/mol. The van der Waals surface area contributed by atoms with Crippen molar-refractivity contribution in [2.45, 2.75) is 0 Å². The van der Waals surface area contributed by atoms with Gasteiger partial charge in [-0.15, -0.1) is 0 Å². The number of hydrogen-bond donors (Lipinski definition) is 0. The van der Waals surface area contributed by atoms with E-state index in [1.165, 1.54) is 38.6 Å². The lowest BCUT2D eigenvalue weighted by Gasteiger charge is -2.13. The topological polar surface area (TPSA) is 25.8 Å². The number of pyridine rings is 2. The van der Waals surface area contributed by atoms with E-state index in [0.29, 0.717) is 0 Å². The third-order valence-corrected chi connectivity index (χ3v) is 8.15. The van der Waals surface area contributed by atoms with Gasteiger partial charge in [0, 0.05) is 34.3 Å². The standard InChI is InChI=1S/C40H26N2/c1-3-9-27(10-4-1)33-23-31-19-20-32-24-34(26-42-40(32)39(31)41-25-33)28-15-17-30(18-16-28)36-22-21-35(29-11-5-2-6-12-29)37-13-7-8-14-38(36)37/h1-26H. The van der Waals surface area contributed by atoms with Crippen LogP contribution in [-0.2, 0) is 0 Å². The van der Waals surface area contributed by atoms with Gasteiger partial charge in [-0.25, -0.2) is 0 Å². The number of hydrogen-bond acceptors (Lipinski definition) is 2. The smallest absolute Gasteiger partial charge is 0.0965 e. The molecule has 0 saturated heterocycles. The minimum atomic E-state index is 0.928. The zero-order valence-corrected chi connectivity index (χ0v) is 22.9. The molecule has 6 aromatic carbocycles. The molecule has 0 spiro atoms. The molecule has 0 aliphatic carbocycles. The Balaban J connectivity index is 1.14. The quantitative estimate of drug-likeness (QED) is 0.210. The maximum Gasteiger partial charge on any atom is 0.0965 e. The number of benzene rings is 6. The SMILES string of the molecule is c1ccc(-c2cnc3c(ccc4cc(-c5ccc(-c6ccc(-c7ccccc7)c7ccccc67)cc5)cnc43)c2)cc1. The molecule has 42 heavy (non-hydrogen) atoms. The second kappa shape index (κ2) is 10.1. The molecule has 0 unspecified atom stereocenters. The maximum atomic E-state index is 4.89. The van der Waals surface area contributed by atoms with Crippen molar-refractivity contribution in [3.63, 3.8) is 0 Å². The summed E-state index contributed by atoms with van der Waals surface area (Å²) in [5.74, 6) is 0. The summed E-state index contributed by atoms with van der Waals surface area (Å²) < 4.78 is 0. The van der Waals surface area contributed by atoms with Crippen LogP contribution in [0.2, 0.25) is 0 Å². The molecule has 0 aliphatic rings. The van der Waals surface area contributed by atoms with E-state index in [1.54, 1.807) is 0 Å². The van der Waals surface area contributed by atoms with Crippen LogP contribution < -0.4 is 0 Å². The zero-order valence-electron chi connectivity index (χ0n) is 22.9. The molecule has 0 radical (unpaired) electrons. The van der Waals surface area contributed by atoms with Crippen LogP contribution in [0.4, 0.5) is 0 Å². The minimum absolute atomic E-state index is 0.928. The molecule has 2 heterocycles. The summed E-state index contributed by atoms with van der Waals surface area (Å²) in [4.78, 5) is 9.71. The Labute approximate surface area is 244 Å². The third kappa shape index (κ3) is 4.22. The van der Waals surface area contributed by atoms with Gasteiger partial charge in [0.25, 0.3) is 0 Å². The van der Waals surface area contributed by atoms with Gasteiger partial charge in [-0.3, -0.25) is 9.97 Å². The predicted octanol–water partition coefficient (Wildman–Crippen LogP) is 10.6. The number of fused-ring (bicyclic) bond motifs is 4. The average molecular weight is 535 g/mol. The minimum Gasteiger partial charge on any atom is -0.253 e. The lowest BCUT2D eigenvalue weighted by Crippen LogP contribution is -1.89. The molecule has 0 aliphatic heterocycles. The average Bonchev–Trinajstić information content (AvgIpc) is 3.08. The Hall–Kier alpha value is -5.60. The number of nitrogens with zero attached hydrogens (tertiary/aromatic N) is 2. The van der Waals surface area contributed by atoms with E-state index in [9.17, 15) is 0 Å². The summed E-state index contributed by atoms with van der Waals surface area (Å²) in [7, 11) is 0. The van der Waals surface area contributed by atoms with Gasteiger partial charge in [-0.1, -0.05) is 133 Å². The van der Waals surface area contributed by atoms with E-state index >= 15 is 0 Å². The molecular formula is C40H26N2. The van der Waals surface area contributed by atoms with E-state index in [2.05, 4.69) is 140 Å². The molecule has 2 nitrogen and oxygen atoms in total. The molecule has 2 aromatic heterocycles. The van der Waals surface area contributed by atoms with Crippen LogP contribution in [0.5, 0.6) is 0 Å². The van der Waals surface area contributed by atoms with E-state index in [0.717, 1.165) is 38.5 Å². The fraction of sp³-hybridized carbons (Fsp3) is 0. The highest BCUT2D eigenvalue weighted by Gasteiger charge is 2.11. The van der Waals surface area contributed by atoms with Crippen LogP contribution in [0.3, 0.4) is 0 Å². The van der Waals surface area contributed by atoms with Gasteiger partial charge in [0.1, 0.15) is 0 Å². The van der Waals surface area contributed by atoms with Crippen molar-refractivity contribution < 1.29 is 0 Å². The fourth-order valence-electron chi connectivity index (χ4n) is 6.00. The molecule has 0 saturated carbocycles. The van der Waals surface area contributed by atoms with Crippen molar-refractivity contribution in [3.05, 3.63) is 158 Å². The number of rotatable bonds is 4. The van der Waals surface area contributed by atoms with Gasteiger partial charge in [-0.05, 0) is 56.3 Å². The molecule has 2 heteroatoms. The van der Waals surface area contributed by atoms with E-state index in [-0.39, 0.29) is 0 Å². The lowest BCUT2D eigenvalue weighted by molar-refractivity contribution is 1.37. The first-order valence-corrected chi connectivity index (χ1v) is 14.2. The highest BCUT2D eigenvalue weighted by atomic mass is 14.7. The lowest BCUT2D eigenvalue weighted by atomic mass is 9.91. The highest BCUT2D eigenvalue weighted by Crippen LogP contribution is 2.36. The van der Waals surface area contributed by atoms with Gasteiger partial charge < -0.3 is 0 Å². The summed E-state index contributed by atoms with van der Waals surface area (Å²) in [6, 6.07) is 51.7. The second-order valence-electron chi connectivity index (χ2n) is 10.7. The summed E-state index contributed by atoms with van der Waals surface area (Å²) >= 11 is 0. The third-order valence-electron chi connectivity index (χ3n) is 8.15. The maximum absolute atomic E-state index is 4.89. The van der Waals surface area contributed by atoms with E-state index in [4.69, 9.17) is 9.97 Å². The van der Waals surface area contributed by atoms with E-state index < -0.39 is 0 Å². The Bertz CT molecular complexity index is 2220. The zero-order chi connectivity index (χ0) is 27.9. The van der Waals surface area contributed by atoms with Crippen molar-refractivity contribution in [1.82, 2.24) is 9.97 Å². The van der Waals surface area contributed by atoms with Gasteiger partial charge in [0.15, 0.2) is 0 Å². The first kappa shape index (κ1) is 24.2. The molecule has 0 atom stereocenters. The molecule has 0 amide bonds. The van der Waals surface area contributed by atoms with Crippen LogP contribution >= 0.6 is 0 Å². The molecule has 0 N–H and O–H groups in total.